The summed E-state index contributed by atoms with van der Waals surface area (Å²) in [6, 6.07) is 12.8. The van der Waals surface area contributed by atoms with Crippen LogP contribution in [0.4, 0.5) is 0 Å². The standard InChI is InChI=1S/C14H15NO3S2/c16-19-10-8-15(9-11-19)20(17,18)14-7-3-5-12-4-1-2-6-13(12)14/h1-7H,8-11H2. The Morgan fingerprint density at radius 2 is 1.60 bits per heavy atom. The average Bonchev–Trinajstić information content (AvgIpc) is 2.47. The van der Waals surface area contributed by atoms with Crippen LogP contribution in [0.3, 0.4) is 0 Å². The molecule has 1 aliphatic rings. The van der Waals surface area contributed by atoms with E-state index < -0.39 is 20.8 Å². The molecule has 0 N–H and O–H groups in total. The molecule has 0 amide bonds. The number of benzene rings is 2. The Labute approximate surface area is 120 Å². The van der Waals surface area contributed by atoms with Crippen molar-refractivity contribution in [2.24, 2.45) is 0 Å². The van der Waals surface area contributed by atoms with Crippen LogP contribution in [0.15, 0.2) is 47.4 Å². The molecule has 0 aliphatic carbocycles. The average molecular weight is 309 g/mol. The Balaban J connectivity index is 2.08. The van der Waals surface area contributed by atoms with Crippen molar-refractivity contribution in [1.82, 2.24) is 4.31 Å². The van der Waals surface area contributed by atoms with E-state index >= 15 is 0 Å². The number of hydrogen-bond acceptors (Lipinski definition) is 3. The first-order valence-electron chi connectivity index (χ1n) is 6.42. The molecule has 0 spiro atoms. The molecule has 1 aliphatic heterocycles. The van der Waals surface area contributed by atoms with Gasteiger partial charge in [-0.3, -0.25) is 4.21 Å². The third kappa shape index (κ3) is 2.39. The summed E-state index contributed by atoms with van der Waals surface area (Å²) < 4.78 is 38.3. The Bertz CT molecular complexity index is 756. The van der Waals surface area contributed by atoms with Gasteiger partial charge in [-0.25, -0.2) is 8.42 Å². The highest BCUT2D eigenvalue weighted by Gasteiger charge is 2.29. The van der Waals surface area contributed by atoms with Crippen molar-refractivity contribution < 1.29 is 12.6 Å². The van der Waals surface area contributed by atoms with Crippen LogP contribution in [0.25, 0.3) is 10.8 Å². The maximum Gasteiger partial charge on any atom is 0.243 e. The van der Waals surface area contributed by atoms with E-state index in [-0.39, 0.29) is 0 Å². The fourth-order valence-corrected chi connectivity index (χ4v) is 5.36. The highest BCUT2D eigenvalue weighted by Crippen LogP contribution is 2.26. The molecule has 0 saturated carbocycles. The third-order valence-electron chi connectivity index (χ3n) is 3.50. The maximum atomic E-state index is 12.7. The smallest absolute Gasteiger partial charge is 0.243 e. The van der Waals surface area contributed by atoms with Gasteiger partial charge in [-0.1, -0.05) is 36.4 Å². The van der Waals surface area contributed by atoms with Gasteiger partial charge in [0.1, 0.15) is 0 Å². The molecule has 1 heterocycles. The first kappa shape index (κ1) is 13.7. The molecule has 2 aromatic rings. The highest BCUT2D eigenvalue weighted by molar-refractivity contribution is 7.89. The molecule has 0 unspecified atom stereocenters. The zero-order chi connectivity index (χ0) is 14.2. The minimum absolute atomic E-state index is 0.332. The first-order chi connectivity index (χ1) is 9.59. The van der Waals surface area contributed by atoms with E-state index in [0.29, 0.717) is 29.5 Å². The Kier molecular flexibility index (Phi) is 3.62. The Morgan fingerprint density at radius 3 is 2.35 bits per heavy atom. The molecule has 0 bridgehead atoms. The fourth-order valence-electron chi connectivity index (χ4n) is 2.42. The van der Waals surface area contributed by atoms with Gasteiger partial charge < -0.3 is 0 Å². The van der Waals surface area contributed by atoms with E-state index in [1.165, 1.54) is 4.31 Å². The lowest BCUT2D eigenvalue weighted by Crippen LogP contribution is -2.41. The summed E-state index contributed by atoms with van der Waals surface area (Å²) in [7, 11) is -4.40. The molecule has 6 heteroatoms. The molecule has 4 nitrogen and oxygen atoms in total. The molecule has 20 heavy (non-hydrogen) atoms. The van der Waals surface area contributed by atoms with E-state index in [2.05, 4.69) is 0 Å². The lowest BCUT2D eigenvalue weighted by Gasteiger charge is -2.26. The zero-order valence-corrected chi connectivity index (χ0v) is 12.5. The second kappa shape index (κ2) is 5.27. The van der Waals surface area contributed by atoms with Gasteiger partial charge in [0, 0.05) is 40.8 Å². The van der Waals surface area contributed by atoms with Gasteiger partial charge in [0.2, 0.25) is 10.0 Å². The predicted octanol–water partition coefficient (Wildman–Crippen LogP) is 1.59. The van der Waals surface area contributed by atoms with Crippen LogP contribution in [-0.4, -0.2) is 41.5 Å². The van der Waals surface area contributed by atoms with Gasteiger partial charge in [0.25, 0.3) is 0 Å². The molecule has 0 aromatic heterocycles. The molecule has 3 rings (SSSR count). The summed E-state index contributed by atoms with van der Waals surface area (Å²) >= 11 is 0. The van der Waals surface area contributed by atoms with Gasteiger partial charge >= 0.3 is 0 Å². The molecule has 2 aromatic carbocycles. The first-order valence-corrected chi connectivity index (χ1v) is 9.35. The Hall–Kier alpha value is -1.24. The molecule has 0 atom stereocenters. The molecule has 1 fully saturated rings. The molecule has 106 valence electrons. The van der Waals surface area contributed by atoms with E-state index in [1.54, 1.807) is 12.1 Å². The van der Waals surface area contributed by atoms with Crippen molar-refractivity contribution in [1.29, 1.82) is 0 Å². The van der Waals surface area contributed by atoms with Crippen LogP contribution in [0, 0.1) is 0 Å². The number of hydrogen-bond donors (Lipinski definition) is 0. The van der Waals surface area contributed by atoms with Crippen molar-refractivity contribution in [3.05, 3.63) is 42.5 Å². The van der Waals surface area contributed by atoms with Crippen LogP contribution in [0.2, 0.25) is 0 Å². The zero-order valence-electron chi connectivity index (χ0n) is 10.9. The predicted molar refractivity (Wildman–Crippen MR) is 80.6 cm³/mol. The molecular formula is C14H15NO3S2. The number of nitrogens with zero attached hydrogens (tertiary/aromatic N) is 1. The summed E-state index contributed by atoms with van der Waals surface area (Å²) in [5.74, 6) is 0.841. The third-order valence-corrected chi connectivity index (χ3v) is 6.74. The topological polar surface area (TPSA) is 54.5 Å². The van der Waals surface area contributed by atoms with Crippen LogP contribution < -0.4 is 0 Å². The van der Waals surface area contributed by atoms with Crippen LogP contribution in [0.5, 0.6) is 0 Å². The number of fused-ring (bicyclic) bond motifs is 1. The summed E-state index contributed by atoms with van der Waals surface area (Å²) in [5.41, 5.74) is 0. The number of sulfonamides is 1. The summed E-state index contributed by atoms with van der Waals surface area (Å²) in [6.07, 6.45) is 0. The number of rotatable bonds is 2. The minimum atomic E-state index is -3.51. The SMILES string of the molecule is O=S1CCN(S(=O)(=O)c2cccc3ccccc23)CC1. The van der Waals surface area contributed by atoms with Crippen LogP contribution in [-0.2, 0) is 20.8 Å². The van der Waals surface area contributed by atoms with Crippen molar-refractivity contribution in [3.8, 4) is 0 Å². The van der Waals surface area contributed by atoms with Gasteiger partial charge in [0.15, 0.2) is 0 Å². The Morgan fingerprint density at radius 1 is 0.950 bits per heavy atom. The van der Waals surface area contributed by atoms with Crippen molar-refractivity contribution >= 4 is 31.6 Å². The summed E-state index contributed by atoms with van der Waals surface area (Å²) in [5, 5.41) is 1.65. The van der Waals surface area contributed by atoms with Crippen molar-refractivity contribution in [2.75, 3.05) is 24.6 Å². The quantitative estimate of drug-likeness (QED) is 0.846. The van der Waals surface area contributed by atoms with Gasteiger partial charge in [-0.05, 0) is 11.5 Å². The molecule has 0 radical (unpaired) electrons. The van der Waals surface area contributed by atoms with Gasteiger partial charge in [-0.15, -0.1) is 0 Å². The van der Waals surface area contributed by atoms with Crippen LogP contribution in [0.1, 0.15) is 0 Å². The molecule has 1 saturated heterocycles. The lowest BCUT2D eigenvalue weighted by molar-refractivity contribution is 0.439. The van der Waals surface area contributed by atoms with Crippen LogP contribution >= 0.6 is 0 Å². The lowest BCUT2D eigenvalue weighted by atomic mass is 10.1. The van der Waals surface area contributed by atoms with E-state index in [4.69, 9.17) is 0 Å². The summed E-state index contributed by atoms with van der Waals surface area (Å²) in [6.45, 7) is 0.663. The van der Waals surface area contributed by atoms with Crippen molar-refractivity contribution in [3.63, 3.8) is 0 Å². The fraction of sp³-hybridized carbons (Fsp3) is 0.286. The highest BCUT2D eigenvalue weighted by atomic mass is 32.2. The molecular weight excluding hydrogens is 294 g/mol. The largest absolute Gasteiger partial charge is 0.259 e. The van der Waals surface area contributed by atoms with E-state index in [1.807, 2.05) is 30.3 Å². The van der Waals surface area contributed by atoms with E-state index in [0.717, 1.165) is 10.8 Å². The van der Waals surface area contributed by atoms with Gasteiger partial charge in [-0.2, -0.15) is 4.31 Å². The normalized spacial score (nSPS) is 18.4. The van der Waals surface area contributed by atoms with Gasteiger partial charge in [0.05, 0.1) is 4.90 Å². The maximum absolute atomic E-state index is 12.7. The van der Waals surface area contributed by atoms with E-state index in [9.17, 15) is 12.6 Å². The monoisotopic (exact) mass is 309 g/mol. The minimum Gasteiger partial charge on any atom is -0.259 e. The second-order valence-electron chi connectivity index (χ2n) is 4.73. The second-order valence-corrected chi connectivity index (χ2v) is 8.33. The summed E-state index contributed by atoms with van der Waals surface area (Å²) in [4.78, 5) is 0.336. The van der Waals surface area contributed by atoms with Crippen molar-refractivity contribution in [2.45, 2.75) is 4.90 Å².